The highest BCUT2D eigenvalue weighted by molar-refractivity contribution is 6.35. The topological polar surface area (TPSA) is 75.7 Å². The summed E-state index contributed by atoms with van der Waals surface area (Å²) in [6.45, 7) is 7.40. The first-order valence-electron chi connectivity index (χ1n) is 7.72. The van der Waals surface area contributed by atoms with Gasteiger partial charge in [0.15, 0.2) is 5.54 Å². The summed E-state index contributed by atoms with van der Waals surface area (Å²) in [6, 6.07) is 3.70. The third-order valence-corrected chi connectivity index (χ3v) is 4.56. The minimum absolute atomic E-state index is 0.0310. The van der Waals surface area contributed by atoms with Crippen LogP contribution in [0.1, 0.15) is 19.3 Å². The Labute approximate surface area is 161 Å². The molecule has 8 heteroatoms. The van der Waals surface area contributed by atoms with Crippen LogP contribution < -0.4 is 5.32 Å². The van der Waals surface area contributed by atoms with Gasteiger partial charge in [-0.15, -0.1) is 0 Å². The van der Waals surface area contributed by atoms with Gasteiger partial charge in [0, 0.05) is 28.6 Å². The van der Waals surface area contributed by atoms with Crippen molar-refractivity contribution in [2.45, 2.75) is 24.8 Å². The van der Waals surface area contributed by atoms with Gasteiger partial charge < -0.3 is 10.1 Å². The normalized spacial score (nSPS) is 19.2. The average Bonchev–Trinajstić information content (AvgIpc) is 2.90. The van der Waals surface area contributed by atoms with Crippen LogP contribution in [0.4, 0.5) is 10.5 Å². The number of esters is 1. The predicted octanol–water partition coefficient (Wildman–Crippen LogP) is 4.19. The van der Waals surface area contributed by atoms with Gasteiger partial charge in [-0.1, -0.05) is 48.0 Å². The van der Waals surface area contributed by atoms with Crippen molar-refractivity contribution in [3.05, 3.63) is 53.1 Å². The Kier molecular flexibility index (Phi) is 6.10. The molecule has 1 aromatic carbocycles. The lowest BCUT2D eigenvalue weighted by Crippen LogP contribution is -2.56. The Morgan fingerprint density at radius 2 is 1.96 bits per heavy atom. The van der Waals surface area contributed by atoms with Gasteiger partial charge in [0.05, 0.1) is 7.11 Å². The molecule has 138 valence electrons. The van der Waals surface area contributed by atoms with Gasteiger partial charge in [-0.05, 0) is 24.6 Å². The van der Waals surface area contributed by atoms with E-state index in [-0.39, 0.29) is 19.3 Å². The predicted molar refractivity (Wildman–Crippen MR) is 100 cm³/mol. The summed E-state index contributed by atoms with van der Waals surface area (Å²) in [6.07, 6.45) is 1.68. The van der Waals surface area contributed by atoms with E-state index in [4.69, 9.17) is 27.9 Å². The van der Waals surface area contributed by atoms with Gasteiger partial charge in [0.1, 0.15) is 0 Å². The van der Waals surface area contributed by atoms with Crippen molar-refractivity contribution in [1.29, 1.82) is 0 Å². The molecular weight excluding hydrogens is 379 g/mol. The number of benzene rings is 1. The zero-order valence-corrected chi connectivity index (χ0v) is 15.7. The molecule has 0 saturated carbocycles. The van der Waals surface area contributed by atoms with Crippen molar-refractivity contribution < 1.29 is 19.1 Å². The summed E-state index contributed by atoms with van der Waals surface area (Å²) >= 11 is 11.9. The Morgan fingerprint density at radius 1 is 1.35 bits per heavy atom. The number of carbonyl (C=O) groups excluding carboxylic acids is 3. The molecule has 1 unspecified atom stereocenters. The number of ether oxygens (including phenoxy) is 1. The molecule has 1 fully saturated rings. The number of methoxy groups -OCH3 is 1. The first-order valence-corrected chi connectivity index (χ1v) is 8.48. The second-order valence-corrected chi connectivity index (χ2v) is 6.75. The summed E-state index contributed by atoms with van der Waals surface area (Å²) in [5.74, 6) is -1.18. The van der Waals surface area contributed by atoms with Crippen LogP contribution in [-0.2, 0) is 14.3 Å². The van der Waals surface area contributed by atoms with Crippen molar-refractivity contribution in [2.75, 3.05) is 12.4 Å². The number of imide groups is 1. The van der Waals surface area contributed by atoms with Gasteiger partial charge in [-0.2, -0.15) is 0 Å². The zero-order valence-electron chi connectivity index (χ0n) is 14.2. The van der Waals surface area contributed by atoms with Gasteiger partial charge in [0.2, 0.25) is 5.91 Å². The summed E-state index contributed by atoms with van der Waals surface area (Å²) < 4.78 is 4.87. The summed E-state index contributed by atoms with van der Waals surface area (Å²) in [7, 11) is 1.20. The molecule has 0 bridgehead atoms. The van der Waals surface area contributed by atoms with Crippen LogP contribution in [0.15, 0.2) is 43.0 Å². The maximum absolute atomic E-state index is 12.8. The fourth-order valence-corrected chi connectivity index (χ4v) is 3.49. The molecule has 0 aromatic heterocycles. The number of allylic oxidation sites excluding steroid dienone is 1. The Bertz CT molecular complexity index is 773. The number of carbonyl (C=O) groups is 3. The van der Waals surface area contributed by atoms with Crippen LogP contribution in [0.2, 0.25) is 10.0 Å². The maximum Gasteiger partial charge on any atom is 0.332 e. The number of rotatable bonds is 5. The first kappa shape index (κ1) is 20.0. The quantitative estimate of drug-likeness (QED) is 0.597. The lowest BCUT2D eigenvalue weighted by molar-refractivity contribution is -0.154. The number of nitrogens with one attached hydrogen (secondary N) is 1. The average molecular weight is 397 g/mol. The Balaban J connectivity index is 2.39. The standard InChI is InChI=1S/C18H18Cl2N2O4/c1-4-11(2)10-18(16(24)26-3)6-5-15(23)22(18)17(25)21-14-8-12(19)7-13(20)9-14/h4,7-9H,1-2,5-6,10H2,3H3,(H,21,25). The largest absolute Gasteiger partial charge is 0.467 e. The van der Waals surface area contributed by atoms with Crippen molar-refractivity contribution in [1.82, 2.24) is 4.90 Å². The molecule has 1 aliphatic rings. The number of likely N-dealkylation sites (tertiary alicyclic amines) is 1. The maximum atomic E-state index is 12.8. The molecule has 1 N–H and O–H groups in total. The number of hydrogen-bond donors (Lipinski definition) is 1. The molecule has 1 aromatic rings. The molecule has 26 heavy (non-hydrogen) atoms. The van der Waals surface area contributed by atoms with Crippen molar-refractivity contribution in [3.8, 4) is 0 Å². The van der Waals surface area contributed by atoms with Crippen LogP contribution in [0.3, 0.4) is 0 Å². The van der Waals surface area contributed by atoms with E-state index in [2.05, 4.69) is 18.5 Å². The lowest BCUT2D eigenvalue weighted by Gasteiger charge is -2.34. The molecule has 1 saturated heterocycles. The highest BCUT2D eigenvalue weighted by atomic mass is 35.5. The van der Waals surface area contributed by atoms with Gasteiger partial charge in [-0.3, -0.25) is 4.79 Å². The number of urea groups is 1. The fourth-order valence-electron chi connectivity index (χ4n) is 2.96. The number of anilines is 1. The van der Waals surface area contributed by atoms with Crippen molar-refractivity contribution in [3.63, 3.8) is 0 Å². The minimum atomic E-state index is -1.47. The van der Waals surface area contributed by atoms with Gasteiger partial charge in [0.25, 0.3) is 0 Å². The molecule has 2 rings (SSSR count). The molecule has 1 atom stereocenters. The second-order valence-electron chi connectivity index (χ2n) is 5.88. The van der Waals surface area contributed by atoms with E-state index in [0.717, 1.165) is 4.90 Å². The zero-order chi connectivity index (χ0) is 19.5. The van der Waals surface area contributed by atoms with E-state index in [1.54, 1.807) is 0 Å². The van der Waals surface area contributed by atoms with Crippen LogP contribution >= 0.6 is 23.2 Å². The van der Waals surface area contributed by atoms with Crippen LogP contribution in [-0.4, -0.2) is 35.5 Å². The first-order chi connectivity index (χ1) is 12.2. The van der Waals surface area contributed by atoms with Gasteiger partial charge in [-0.25, -0.2) is 14.5 Å². The molecule has 0 aliphatic carbocycles. The number of amides is 3. The Hall–Kier alpha value is -2.31. The molecule has 3 amide bonds. The summed E-state index contributed by atoms with van der Waals surface area (Å²) in [5, 5.41) is 3.19. The number of hydrogen-bond acceptors (Lipinski definition) is 4. The molecule has 6 nitrogen and oxygen atoms in total. The van der Waals surface area contributed by atoms with E-state index in [9.17, 15) is 14.4 Å². The molecule has 1 aliphatic heterocycles. The van der Waals surface area contributed by atoms with E-state index in [1.807, 2.05) is 0 Å². The number of nitrogens with zero attached hydrogens (tertiary/aromatic N) is 1. The molecule has 0 spiro atoms. The van der Waals surface area contributed by atoms with E-state index < -0.39 is 23.4 Å². The fraction of sp³-hybridized carbons (Fsp3) is 0.278. The highest BCUT2D eigenvalue weighted by Crippen LogP contribution is 2.37. The van der Waals surface area contributed by atoms with Crippen LogP contribution in [0.5, 0.6) is 0 Å². The van der Waals surface area contributed by atoms with Crippen molar-refractivity contribution in [2.24, 2.45) is 0 Å². The van der Waals surface area contributed by atoms with Crippen LogP contribution in [0.25, 0.3) is 0 Å². The smallest absolute Gasteiger partial charge is 0.332 e. The highest BCUT2D eigenvalue weighted by Gasteiger charge is 2.55. The summed E-state index contributed by atoms with van der Waals surface area (Å²) in [4.78, 5) is 38.6. The minimum Gasteiger partial charge on any atom is -0.467 e. The monoisotopic (exact) mass is 396 g/mol. The Morgan fingerprint density at radius 3 is 2.50 bits per heavy atom. The molecule has 1 heterocycles. The molecular formula is C18H18Cl2N2O4. The third-order valence-electron chi connectivity index (χ3n) is 4.12. The number of halogens is 2. The van der Waals surface area contributed by atoms with E-state index >= 15 is 0 Å². The van der Waals surface area contributed by atoms with Crippen LogP contribution in [0, 0.1) is 0 Å². The molecule has 0 radical (unpaired) electrons. The van der Waals surface area contributed by atoms with Gasteiger partial charge >= 0.3 is 12.0 Å². The van der Waals surface area contributed by atoms with Crippen molar-refractivity contribution >= 4 is 46.8 Å². The van der Waals surface area contributed by atoms with E-state index in [0.29, 0.717) is 21.3 Å². The third kappa shape index (κ3) is 3.92. The van der Waals surface area contributed by atoms with E-state index in [1.165, 1.54) is 31.4 Å². The summed E-state index contributed by atoms with van der Waals surface area (Å²) in [5.41, 5.74) is -0.661. The lowest BCUT2D eigenvalue weighted by atomic mass is 9.88. The SMILES string of the molecule is C=CC(=C)CC1(C(=O)OC)CCC(=O)N1C(=O)Nc1cc(Cl)cc(Cl)c1. The second kappa shape index (κ2) is 7.93.